The summed E-state index contributed by atoms with van der Waals surface area (Å²) in [7, 11) is 0. The predicted octanol–water partition coefficient (Wildman–Crippen LogP) is 1.01. The number of nitrogens with zero attached hydrogens (tertiary/aromatic N) is 3. The molecule has 0 aliphatic heterocycles. The molecule has 0 atom stereocenters. The average Bonchev–Trinajstić information content (AvgIpc) is 2.28. The molecule has 1 rings (SSSR count). The van der Waals surface area contributed by atoms with Gasteiger partial charge in [-0.1, -0.05) is 0 Å². The van der Waals surface area contributed by atoms with Crippen molar-refractivity contribution in [3.8, 4) is 0 Å². The summed E-state index contributed by atoms with van der Waals surface area (Å²) in [6, 6.07) is 2.25. The largest absolute Gasteiger partial charge is 0.394 e. The Morgan fingerprint density at radius 3 is 2.76 bits per heavy atom. The van der Waals surface area contributed by atoms with Gasteiger partial charge in [-0.05, 0) is 26.8 Å². The molecule has 0 aliphatic carbocycles. The summed E-state index contributed by atoms with van der Waals surface area (Å²) in [5, 5.41) is 8.63. The van der Waals surface area contributed by atoms with E-state index in [1.165, 1.54) is 0 Å². The molecule has 1 heterocycles. The van der Waals surface area contributed by atoms with Crippen LogP contribution in [0.5, 0.6) is 0 Å². The van der Waals surface area contributed by atoms with Crippen LogP contribution in [0.4, 0.5) is 5.82 Å². The van der Waals surface area contributed by atoms with Crippen molar-refractivity contribution < 1.29 is 9.84 Å². The van der Waals surface area contributed by atoms with Crippen molar-refractivity contribution in [2.75, 3.05) is 31.3 Å². The Morgan fingerprint density at radius 1 is 1.41 bits per heavy atom. The number of ether oxygens (including phenoxy) is 1. The smallest absolute Gasteiger partial charge is 0.132 e. The Labute approximate surface area is 102 Å². The van der Waals surface area contributed by atoms with Gasteiger partial charge in [0.15, 0.2) is 0 Å². The van der Waals surface area contributed by atoms with Gasteiger partial charge in [0.05, 0.1) is 19.8 Å². The maximum atomic E-state index is 8.63. The van der Waals surface area contributed by atoms with E-state index in [9.17, 15) is 0 Å². The molecular formula is C12H21N3O2. The summed E-state index contributed by atoms with van der Waals surface area (Å²) < 4.78 is 5.28. The van der Waals surface area contributed by atoms with E-state index in [2.05, 4.69) is 28.7 Å². The van der Waals surface area contributed by atoms with Crippen LogP contribution in [-0.2, 0) is 4.74 Å². The van der Waals surface area contributed by atoms with Gasteiger partial charge >= 0.3 is 0 Å². The third-order valence-electron chi connectivity index (χ3n) is 2.39. The summed E-state index contributed by atoms with van der Waals surface area (Å²) in [4.78, 5) is 10.7. The van der Waals surface area contributed by atoms with Crippen LogP contribution in [0.3, 0.4) is 0 Å². The lowest BCUT2D eigenvalue weighted by atomic mass is 10.3. The van der Waals surface area contributed by atoms with Crippen LogP contribution in [0.25, 0.3) is 0 Å². The number of aromatic nitrogens is 2. The third-order valence-corrected chi connectivity index (χ3v) is 2.39. The van der Waals surface area contributed by atoms with E-state index in [1.807, 2.05) is 13.0 Å². The average molecular weight is 239 g/mol. The second-order valence-electron chi connectivity index (χ2n) is 4.09. The van der Waals surface area contributed by atoms with E-state index in [4.69, 9.17) is 9.84 Å². The van der Waals surface area contributed by atoms with Crippen molar-refractivity contribution in [1.82, 2.24) is 9.97 Å². The minimum atomic E-state index is 0.0638. The number of hydrogen-bond acceptors (Lipinski definition) is 5. The van der Waals surface area contributed by atoms with Crippen LogP contribution in [0.1, 0.15) is 19.7 Å². The Balaban J connectivity index is 2.59. The van der Waals surface area contributed by atoms with Crippen molar-refractivity contribution in [3.05, 3.63) is 18.1 Å². The van der Waals surface area contributed by atoms with Crippen LogP contribution >= 0.6 is 0 Å². The summed E-state index contributed by atoms with van der Waals surface area (Å²) in [6.45, 7) is 7.90. The minimum Gasteiger partial charge on any atom is -0.394 e. The normalized spacial score (nSPS) is 10.9. The van der Waals surface area contributed by atoms with E-state index in [-0.39, 0.29) is 6.61 Å². The topological polar surface area (TPSA) is 58.5 Å². The number of anilines is 1. The summed E-state index contributed by atoms with van der Waals surface area (Å²) >= 11 is 0. The molecule has 0 spiro atoms. The molecule has 0 radical (unpaired) electrons. The second kappa shape index (κ2) is 7.19. The van der Waals surface area contributed by atoms with Crippen LogP contribution < -0.4 is 4.90 Å². The fraction of sp³-hybridized carbons (Fsp3) is 0.667. The second-order valence-corrected chi connectivity index (χ2v) is 4.09. The Kier molecular flexibility index (Phi) is 5.86. The lowest BCUT2D eigenvalue weighted by Crippen LogP contribution is -2.35. The maximum Gasteiger partial charge on any atom is 0.132 e. The van der Waals surface area contributed by atoms with Gasteiger partial charge in [0.25, 0.3) is 0 Å². The van der Waals surface area contributed by atoms with E-state index in [1.54, 1.807) is 6.20 Å². The third kappa shape index (κ3) is 4.66. The molecule has 5 heteroatoms. The first-order chi connectivity index (χ1) is 8.15. The molecule has 1 aromatic heterocycles. The Bertz CT molecular complexity index is 331. The molecule has 0 fully saturated rings. The summed E-state index contributed by atoms with van der Waals surface area (Å²) in [6.07, 6.45) is 1.77. The minimum absolute atomic E-state index is 0.0638. The summed E-state index contributed by atoms with van der Waals surface area (Å²) in [5.41, 5.74) is 0. The van der Waals surface area contributed by atoms with Crippen molar-refractivity contribution in [3.63, 3.8) is 0 Å². The van der Waals surface area contributed by atoms with Gasteiger partial charge in [-0.2, -0.15) is 0 Å². The SMILES string of the molecule is Cc1nccc(N(CCOCCO)C(C)C)n1. The molecule has 1 aromatic rings. The first-order valence-electron chi connectivity index (χ1n) is 5.90. The highest BCUT2D eigenvalue weighted by Gasteiger charge is 2.11. The zero-order valence-electron chi connectivity index (χ0n) is 10.8. The predicted molar refractivity (Wildman–Crippen MR) is 67.2 cm³/mol. The molecule has 0 amide bonds. The Morgan fingerprint density at radius 2 is 2.18 bits per heavy atom. The number of aliphatic hydroxyl groups is 1. The number of rotatable bonds is 7. The molecule has 0 unspecified atom stereocenters. The number of aliphatic hydroxyl groups excluding tert-OH is 1. The van der Waals surface area contributed by atoms with Crippen molar-refractivity contribution in [2.45, 2.75) is 26.8 Å². The fourth-order valence-corrected chi connectivity index (χ4v) is 1.57. The monoisotopic (exact) mass is 239 g/mol. The van der Waals surface area contributed by atoms with Gasteiger partial charge in [-0.15, -0.1) is 0 Å². The first-order valence-corrected chi connectivity index (χ1v) is 5.90. The molecular weight excluding hydrogens is 218 g/mol. The van der Waals surface area contributed by atoms with Crippen LogP contribution in [-0.4, -0.2) is 47.5 Å². The molecule has 0 aliphatic rings. The van der Waals surface area contributed by atoms with E-state index >= 15 is 0 Å². The molecule has 0 bridgehead atoms. The quantitative estimate of drug-likeness (QED) is 0.720. The van der Waals surface area contributed by atoms with Crippen molar-refractivity contribution >= 4 is 5.82 Å². The van der Waals surface area contributed by atoms with Crippen LogP contribution in [0, 0.1) is 6.92 Å². The van der Waals surface area contributed by atoms with Crippen molar-refractivity contribution in [1.29, 1.82) is 0 Å². The van der Waals surface area contributed by atoms with Crippen LogP contribution in [0.15, 0.2) is 12.3 Å². The highest BCUT2D eigenvalue weighted by Crippen LogP contribution is 2.12. The highest BCUT2D eigenvalue weighted by atomic mass is 16.5. The van der Waals surface area contributed by atoms with Crippen molar-refractivity contribution in [2.24, 2.45) is 0 Å². The zero-order valence-corrected chi connectivity index (χ0v) is 10.8. The van der Waals surface area contributed by atoms with E-state index in [0.717, 1.165) is 18.2 Å². The molecule has 17 heavy (non-hydrogen) atoms. The van der Waals surface area contributed by atoms with Gasteiger partial charge in [-0.25, -0.2) is 9.97 Å². The highest BCUT2D eigenvalue weighted by molar-refractivity contribution is 5.38. The number of aryl methyl sites for hydroxylation is 1. The zero-order chi connectivity index (χ0) is 12.7. The van der Waals surface area contributed by atoms with Gasteiger partial charge in [-0.3, -0.25) is 0 Å². The van der Waals surface area contributed by atoms with Crippen LogP contribution in [0.2, 0.25) is 0 Å². The maximum absolute atomic E-state index is 8.63. The lowest BCUT2D eigenvalue weighted by Gasteiger charge is -2.27. The van der Waals surface area contributed by atoms with Gasteiger partial charge in [0, 0.05) is 18.8 Å². The van der Waals surface area contributed by atoms with Gasteiger partial charge < -0.3 is 14.7 Å². The lowest BCUT2D eigenvalue weighted by molar-refractivity contribution is 0.0960. The molecule has 0 saturated carbocycles. The van der Waals surface area contributed by atoms with E-state index < -0.39 is 0 Å². The first kappa shape index (κ1) is 13.9. The summed E-state index contributed by atoms with van der Waals surface area (Å²) in [5.74, 6) is 1.68. The molecule has 1 N–H and O–H groups in total. The molecule has 0 saturated heterocycles. The van der Waals surface area contributed by atoms with Gasteiger partial charge in [0.2, 0.25) is 0 Å². The molecule has 0 aromatic carbocycles. The van der Waals surface area contributed by atoms with E-state index in [0.29, 0.717) is 19.3 Å². The fourth-order valence-electron chi connectivity index (χ4n) is 1.57. The Hall–Kier alpha value is -1.20. The molecule has 96 valence electrons. The molecule has 5 nitrogen and oxygen atoms in total. The van der Waals surface area contributed by atoms with Gasteiger partial charge in [0.1, 0.15) is 11.6 Å². The number of hydrogen-bond donors (Lipinski definition) is 1. The standard InChI is InChI=1S/C12H21N3O2/c1-10(2)15(6-8-17-9-7-16)12-4-5-13-11(3)14-12/h4-5,10,16H,6-9H2,1-3H3.